The maximum atomic E-state index is 13.9. The molecule has 112 valence electrons. The quantitative estimate of drug-likeness (QED) is 0.846. The molecular formula is C18H21ClFN. The van der Waals surface area contributed by atoms with Gasteiger partial charge in [0.1, 0.15) is 5.82 Å². The smallest absolute Gasteiger partial charge is 0.127 e. The van der Waals surface area contributed by atoms with Crippen LogP contribution in [0.3, 0.4) is 0 Å². The van der Waals surface area contributed by atoms with E-state index < -0.39 is 0 Å². The summed E-state index contributed by atoms with van der Waals surface area (Å²) in [5.74, 6) is -0.300. The average molecular weight is 306 g/mol. The topological polar surface area (TPSA) is 26.0 Å². The zero-order valence-electron chi connectivity index (χ0n) is 12.7. The van der Waals surface area contributed by atoms with E-state index in [1.165, 1.54) is 11.6 Å². The molecule has 0 aliphatic carbocycles. The minimum atomic E-state index is -0.300. The van der Waals surface area contributed by atoms with E-state index in [1.807, 2.05) is 18.2 Å². The van der Waals surface area contributed by atoms with Gasteiger partial charge in [-0.1, -0.05) is 62.7 Å². The van der Waals surface area contributed by atoms with Gasteiger partial charge < -0.3 is 5.73 Å². The van der Waals surface area contributed by atoms with Gasteiger partial charge in [0.2, 0.25) is 0 Å². The van der Waals surface area contributed by atoms with Crippen molar-refractivity contribution in [2.45, 2.75) is 38.6 Å². The summed E-state index contributed by atoms with van der Waals surface area (Å²) in [5.41, 5.74) is 9.04. The maximum absolute atomic E-state index is 13.9. The summed E-state index contributed by atoms with van der Waals surface area (Å²) in [6.45, 7) is 6.44. The molecule has 0 radical (unpaired) electrons. The van der Waals surface area contributed by atoms with E-state index in [-0.39, 0.29) is 17.3 Å². The van der Waals surface area contributed by atoms with Crippen molar-refractivity contribution in [2.24, 2.45) is 5.73 Å². The number of halogens is 2. The minimum Gasteiger partial charge on any atom is -0.324 e. The van der Waals surface area contributed by atoms with Gasteiger partial charge >= 0.3 is 0 Å². The lowest BCUT2D eigenvalue weighted by molar-refractivity contribution is 0.560. The van der Waals surface area contributed by atoms with Crippen LogP contribution >= 0.6 is 11.6 Å². The fourth-order valence-electron chi connectivity index (χ4n) is 2.56. The Balaban J connectivity index is 2.36. The zero-order chi connectivity index (χ0) is 15.6. The molecule has 0 bridgehead atoms. The Morgan fingerprint density at radius 3 is 2.38 bits per heavy atom. The molecule has 0 saturated heterocycles. The van der Waals surface area contributed by atoms with E-state index in [9.17, 15) is 4.39 Å². The molecule has 1 nitrogen and oxygen atoms in total. The van der Waals surface area contributed by atoms with Crippen molar-refractivity contribution in [1.82, 2.24) is 0 Å². The molecule has 2 aromatic rings. The van der Waals surface area contributed by atoms with Gasteiger partial charge in [0, 0.05) is 16.6 Å². The van der Waals surface area contributed by atoms with E-state index in [4.69, 9.17) is 17.3 Å². The highest BCUT2D eigenvalue weighted by molar-refractivity contribution is 6.31. The molecule has 0 spiro atoms. The van der Waals surface area contributed by atoms with Crippen molar-refractivity contribution in [2.75, 3.05) is 0 Å². The molecule has 0 fully saturated rings. The molecule has 0 aliphatic rings. The van der Waals surface area contributed by atoms with Crippen LogP contribution in [0.15, 0.2) is 42.5 Å². The molecule has 0 amide bonds. The molecule has 3 heteroatoms. The lowest BCUT2D eigenvalue weighted by Crippen LogP contribution is -2.21. The summed E-state index contributed by atoms with van der Waals surface area (Å²) in [7, 11) is 0. The molecule has 21 heavy (non-hydrogen) atoms. The lowest BCUT2D eigenvalue weighted by Gasteiger charge is -2.26. The van der Waals surface area contributed by atoms with Crippen molar-refractivity contribution < 1.29 is 4.39 Å². The Labute approximate surface area is 130 Å². The van der Waals surface area contributed by atoms with Gasteiger partial charge in [-0.05, 0) is 35.1 Å². The van der Waals surface area contributed by atoms with Crippen LogP contribution in [0.2, 0.25) is 5.02 Å². The first-order chi connectivity index (χ1) is 9.80. The number of hydrogen-bond donors (Lipinski definition) is 1. The molecule has 0 aliphatic heterocycles. The summed E-state index contributed by atoms with van der Waals surface area (Å²) in [6, 6.07) is 12.5. The van der Waals surface area contributed by atoms with E-state index in [1.54, 1.807) is 12.1 Å². The summed E-state index contributed by atoms with van der Waals surface area (Å²) < 4.78 is 13.9. The highest BCUT2D eigenvalue weighted by atomic mass is 35.5. The van der Waals surface area contributed by atoms with Crippen LogP contribution in [-0.4, -0.2) is 0 Å². The summed E-state index contributed by atoms with van der Waals surface area (Å²) in [6.07, 6.45) is 0.387. The largest absolute Gasteiger partial charge is 0.324 e. The number of rotatable bonds is 3. The van der Waals surface area contributed by atoms with Gasteiger partial charge in [-0.25, -0.2) is 4.39 Å². The molecule has 2 aromatic carbocycles. The third-order valence-corrected chi connectivity index (χ3v) is 4.01. The predicted octanol–water partition coefficient (Wildman–Crippen LogP) is 5.02. The Hall–Kier alpha value is -1.38. The third kappa shape index (κ3) is 3.63. The number of nitrogens with two attached hydrogens (primary N) is 1. The first-order valence-electron chi connectivity index (χ1n) is 7.08. The summed E-state index contributed by atoms with van der Waals surface area (Å²) in [4.78, 5) is 0. The molecule has 1 unspecified atom stereocenters. The van der Waals surface area contributed by atoms with Gasteiger partial charge in [-0.3, -0.25) is 0 Å². The van der Waals surface area contributed by atoms with Crippen molar-refractivity contribution in [3.63, 3.8) is 0 Å². The lowest BCUT2D eigenvalue weighted by atomic mass is 9.81. The first kappa shape index (κ1) is 16.0. The Bertz CT molecular complexity index is 611. The van der Waals surface area contributed by atoms with Crippen LogP contribution in [0, 0.1) is 5.82 Å². The third-order valence-electron chi connectivity index (χ3n) is 3.65. The van der Waals surface area contributed by atoms with Crippen LogP contribution in [0.25, 0.3) is 0 Å². The van der Waals surface area contributed by atoms with Crippen molar-refractivity contribution in [1.29, 1.82) is 0 Å². The molecule has 1 atom stereocenters. The van der Waals surface area contributed by atoms with E-state index >= 15 is 0 Å². The van der Waals surface area contributed by atoms with Gasteiger partial charge in [0.25, 0.3) is 0 Å². The number of hydrogen-bond acceptors (Lipinski definition) is 1. The standard InChI is InChI=1S/C18H21ClFN/c1-18(2,3)14-8-5-4-7-12(14)17(21)11-13-15(19)9-6-10-16(13)20/h4-10,17H,11,21H2,1-3H3. The molecule has 0 saturated carbocycles. The fourth-order valence-corrected chi connectivity index (χ4v) is 2.80. The van der Waals surface area contributed by atoms with E-state index in [2.05, 4.69) is 26.8 Å². The Morgan fingerprint density at radius 2 is 1.76 bits per heavy atom. The SMILES string of the molecule is CC(C)(C)c1ccccc1C(N)Cc1c(F)cccc1Cl. The van der Waals surface area contributed by atoms with Crippen molar-refractivity contribution >= 4 is 11.6 Å². The zero-order valence-corrected chi connectivity index (χ0v) is 13.4. The fraction of sp³-hybridized carbons (Fsp3) is 0.333. The Morgan fingerprint density at radius 1 is 1.10 bits per heavy atom. The van der Waals surface area contributed by atoms with E-state index in [0.717, 1.165) is 5.56 Å². The normalized spacial score (nSPS) is 13.2. The highest BCUT2D eigenvalue weighted by Crippen LogP contribution is 2.31. The van der Waals surface area contributed by atoms with Gasteiger partial charge in [-0.2, -0.15) is 0 Å². The second kappa shape index (κ2) is 6.17. The molecule has 0 heterocycles. The Kier molecular flexibility index (Phi) is 4.70. The van der Waals surface area contributed by atoms with Crippen LogP contribution in [-0.2, 0) is 11.8 Å². The molecule has 2 rings (SSSR count). The molecule has 0 aromatic heterocycles. The second-order valence-corrected chi connectivity index (χ2v) is 6.76. The molecule has 2 N–H and O–H groups in total. The number of benzene rings is 2. The first-order valence-corrected chi connectivity index (χ1v) is 7.46. The minimum absolute atomic E-state index is 0.00671. The van der Waals surface area contributed by atoms with Gasteiger partial charge in [0.15, 0.2) is 0 Å². The maximum Gasteiger partial charge on any atom is 0.127 e. The molecular weight excluding hydrogens is 285 g/mol. The van der Waals surface area contributed by atoms with Crippen LogP contribution < -0.4 is 5.73 Å². The summed E-state index contributed by atoms with van der Waals surface area (Å²) in [5, 5.41) is 0.429. The monoisotopic (exact) mass is 305 g/mol. The van der Waals surface area contributed by atoms with Crippen LogP contribution in [0.1, 0.15) is 43.5 Å². The van der Waals surface area contributed by atoms with Crippen molar-refractivity contribution in [3.05, 3.63) is 70.0 Å². The van der Waals surface area contributed by atoms with Crippen LogP contribution in [0.4, 0.5) is 4.39 Å². The van der Waals surface area contributed by atoms with Gasteiger partial charge in [0.05, 0.1) is 0 Å². The predicted molar refractivity (Wildman–Crippen MR) is 87.2 cm³/mol. The van der Waals surface area contributed by atoms with Crippen molar-refractivity contribution in [3.8, 4) is 0 Å². The van der Waals surface area contributed by atoms with Crippen LogP contribution in [0.5, 0.6) is 0 Å². The van der Waals surface area contributed by atoms with E-state index in [0.29, 0.717) is 17.0 Å². The average Bonchev–Trinajstić information content (AvgIpc) is 2.42. The highest BCUT2D eigenvalue weighted by Gasteiger charge is 2.22. The second-order valence-electron chi connectivity index (χ2n) is 6.35. The summed E-state index contributed by atoms with van der Waals surface area (Å²) >= 11 is 6.10. The van der Waals surface area contributed by atoms with Gasteiger partial charge in [-0.15, -0.1) is 0 Å².